The highest BCUT2D eigenvalue weighted by Gasteiger charge is 2.43. The van der Waals surface area contributed by atoms with Crippen molar-refractivity contribution in [3.8, 4) is 0 Å². The molecule has 2 unspecified atom stereocenters. The molecule has 0 aromatic carbocycles. The molecule has 0 aromatic heterocycles. The van der Waals surface area contributed by atoms with Crippen LogP contribution in [0.5, 0.6) is 0 Å². The molecule has 2 heterocycles. The van der Waals surface area contributed by atoms with Crippen LogP contribution < -0.4 is 0 Å². The molecule has 0 aromatic rings. The van der Waals surface area contributed by atoms with Gasteiger partial charge in [0.15, 0.2) is 8.32 Å². The van der Waals surface area contributed by atoms with E-state index >= 15 is 0 Å². The molecule has 0 spiro atoms. The molecular formula is C21H41O6PSSi. The normalized spacial score (nSPS) is 30.2. The molecule has 0 saturated carbocycles. The van der Waals surface area contributed by atoms with Gasteiger partial charge in [-0.2, -0.15) is 0 Å². The van der Waals surface area contributed by atoms with Crippen molar-refractivity contribution in [1.29, 1.82) is 0 Å². The fraction of sp³-hybridized carbons (Fsp3) is 0.905. The van der Waals surface area contributed by atoms with Gasteiger partial charge in [0, 0.05) is 25.4 Å². The first kappa shape index (κ1) is 26.6. The SMILES string of the molecule is C/C=C/CS[P@@](=O)(OC[C@H]1OCCC1O[Si](C)(C)C(C)(C)C)OC1CCO[C@@H]1CC. The molecule has 2 aliphatic heterocycles. The van der Waals surface area contributed by atoms with E-state index in [4.69, 9.17) is 22.9 Å². The number of rotatable bonds is 11. The summed E-state index contributed by atoms with van der Waals surface area (Å²) in [4.78, 5) is 0. The lowest BCUT2D eigenvalue weighted by Gasteiger charge is -2.39. The Morgan fingerprint density at radius 2 is 1.77 bits per heavy atom. The zero-order valence-corrected chi connectivity index (χ0v) is 22.4. The van der Waals surface area contributed by atoms with E-state index in [2.05, 4.69) is 40.8 Å². The van der Waals surface area contributed by atoms with Crippen molar-refractivity contribution < 1.29 is 27.5 Å². The first-order valence-electron chi connectivity index (χ1n) is 11.1. The second kappa shape index (κ2) is 11.5. The standard InChI is InChI=1S/C21H41O6PSSi/c1-8-10-15-29-28(22,26-18-11-13-23-17(18)9-2)25-16-20-19(12-14-24-20)27-30(6,7)21(3,4)5/h8,10,17-20H,9,11-16H2,1-7H3/b10-8+/t17-,18?,19?,20-,28+/m1/s1. The van der Waals surface area contributed by atoms with Crippen LogP contribution in [0.3, 0.4) is 0 Å². The predicted molar refractivity (Wildman–Crippen MR) is 127 cm³/mol. The van der Waals surface area contributed by atoms with Gasteiger partial charge in [-0.25, -0.2) is 4.57 Å². The third kappa shape index (κ3) is 7.44. The summed E-state index contributed by atoms with van der Waals surface area (Å²) in [5, 5.41) is 0.124. The molecule has 5 atom stereocenters. The Kier molecular flexibility index (Phi) is 10.2. The van der Waals surface area contributed by atoms with Gasteiger partial charge in [0.1, 0.15) is 6.10 Å². The van der Waals surface area contributed by atoms with Crippen LogP contribution in [-0.2, 0) is 27.5 Å². The van der Waals surface area contributed by atoms with Crippen molar-refractivity contribution in [3.63, 3.8) is 0 Å². The first-order chi connectivity index (χ1) is 14.0. The van der Waals surface area contributed by atoms with Crippen LogP contribution in [-0.4, -0.2) is 58.3 Å². The highest BCUT2D eigenvalue weighted by molar-refractivity contribution is 8.55. The summed E-state index contributed by atoms with van der Waals surface area (Å²) in [5.74, 6) is 0.577. The summed E-state index contributed by atoms with van der Waals surface area (Å²) in [5.41, 5.74) is 0. The van der Waals surface area contributed by atoms with Crippen LogP contribution in [0, 0.1) is 0 Å². The zero-order chi connectivity index (χ0) is 22.4. The maximum Gasteiger partial charge on any atom is 0.389 e. The summed E-state index contributed by atoms with van der Waals surface area (Å²) in [7, 11) is -1.92. The Morgan fingerprint density at radius 3 is 2.37 bits per heavy atom. The quantitative estimate of drug-likeness (QED) is 0.199. The largest absolute Gasteiger partial charge is 0.411 e. The van der Waals surface area contributed by atoms with Crippen molar-refractivity contribution in [2.75, 3.05) is 25.6 Å². The molecule has 176 valence electrons. The second-order valence-corrected chi connectivity index (χ2v) is 18.3. The zero-order valence-electron chi connectivity index (χ0n) is 19.7. The predicted octanol–water partition coefficient (Wildman–Crippen LogP) is 6.18. The van der Waals surface area contributed by atoms with E-state index in [1.807, 2.05) is 19.1 Å². The van der Waals surface area contributed by atoms with Gasteiger partial charge in [0.25, 0.3) is 0 Å². The monoisotopic (exact) mass is 480 g/mol. The van der Waals surface area contributed by atoms with E-state index in [1.165, 1.54) is 11.4 Å². The first-order valence-corrected chi connectivity index (χ1v) is 17.1. The third-order valence-corrected chi connectivity index (χ3v) is 14.3. The Bertz CT molecular complexity index is 609. The minimum atomic E-state index is -3.35. The van der Waals surface area contributed by atoms with Crippen molar-refractivity contribution in [2.24, 2.45) is 0 Å². The summed E-state index contributed by atoms with van der Waals surface area (Å²) in [6.45, 7) is 13.3. The Hall–Kier alpha value is 0.337. The van der Waals surface area contributed by atoms with E-state index in [1.54, 1.807) is 0 Å². The summed E-state index contributed by atoms with van der Waals surface area (Å²) in [6.07, 6.45) is 5.84. The highest BCUT2D eigenvalue weighted by Crippen LogP contribution is 2.62. The van der Waals surface area contributed by atoms with Gasteiger partial charge in [0.2, 0.25) is 0 Å². The number of ether oxygens (including phenoxy) is 2. The van der Waals surface area contributed by atoms with E-state index in [0.29, 0.717) is 19.0 Å². The Balaban J connectivity index is 2.01. The van der Waals surface area contributed by atoms with Crippen molar-refractivity contribution >= 4 is 26.5 Å². The molecule has 6 nitrogen and oxygen atoms in total. The van der Waals surface area contributed by atoms with Gasteiger partial charge in [-0.3, -0.25) is 9.05 Å². The van der Waals surface area contributed by atoms with Crippen molar-refractivity contribution in [3.05, 3.63) is 12.2 Å². The maximum atomic E-state index is 13.6. The second-order valence-electron chi connectivity index (χ2n) is 9.47. The fourth-order valence-corrected chi connectivity index (χ4v) is 7.93. The lowest BCUT2D eigenvalue weighted by atomic mass is 10.1. The molecular weight excluding hydrogens is 439 g/mol. The number of hydrogen-bond donors (Lipinski definition) is 0. The molecule has 30 heavy (non-hydrogen) atoms. The molecule has 2 rings (SSSR count). The number of allylic oxidation sites excluding steroid dienone is 1. The van der Waals surface area contributed by atoms with Gasteiger partial charge in [0.05, 0.1) is 24.9 Å². The lowest BCUT2D eigenvalue weighted by Crippen LogP contribution is -2.46. The van der Waals surface area contributed by atoms with Crippen LogP contribution in [0.4, 0.5) is 0 Å². The molecule has 2 saturated heterocycles. The van der Waals surface area contributed by atoms with E-state index in [9.17, 15) is 4.57 Å². The van der Waals surface area contributed by atoms with Gasteiger partial charge < -0.3 is 13.9 Å². The smallest absolute Gasteiger partial charge is 0.389 e. The third-order valence-electron chi connectivity index (χ3n) is 6.18. The van der Waals surface area contributed by atoms with Crippen molar-refractivity contribution in [2.45, 2.75) is 96.4 Å². The van der Waals surface area contributed by atoms with Gasteiger partial charge in [-0.1, -0.05) is 39.8 Å². The minimum Gasteiger partial charge on any atom is -0.411 e. The molecule has 0 amide bonds. The van der Waals surface area contributed by atoms with Crippen LogP contribution in [0.15, 0.2) is 12.2 Å². The molecule has 2 aliphatic rings. The molecule has 9 heteroatoms. The van der Waals surface area contributed by atoms with E-state index < -0.39 is 15.1 Å². The van der Waals surface area contributed by atoms with Gasteiger partial charge in [-0.05, 0) is 49.3 Å². The maximum absolute atomic E-state index is 13.6. The lowest BCUT2D eigenvalue weighted by molar-refractivity contribution is 0.00546. The fourth-order valence-electron chi connectivity index (χ4n) is 3.26. The van der Waals surface area contributed by atoms with Crippen molar-refractivity contribution in [1.82, 2.24) is 0 Å². The van der Waals surface area contributed by atoms with Crippen LogP contribution in [0.2, 0.25) is 18.1 Å². The Labute approximate surface area is 188 Å². The van der Waals surface area contributed by atoms with E-state index in [-0.39, 0.29) is 36.1 Å². The average Bonchev–Trinajstić information content (AvgIpc) is 3.28. The van der Waals surface area contributed by atoms with Crippen LogP contribution in [0.25, 0.3) is 0 Å². The molecule has 0 radical (unpaired) electrons. The molecule has 0 N–H and O–H groups in total. The topological polar surface area (TPSA) is 63.2 Å². The van der Waals surface area contributed by atoms with Gasteiger partial charge in [-0.15, -0.1) is 0 Å². The minimum absolute atomic E-state index is 0.0263. The highest BCUT2D eigenvalue weighted by atomic mass is 32.7. The van der Waals surface area contributed by atoms with E-state index in [0.717, 1.165) is 19.3 Å². The molecule has 2 fully saturated rings. The summed E-state index contributed by atoms with van der Waals surface area (Å²) in [6, 6.07) is 0. The molecule has 0 aliphatic carbocycles. The summed E-state index contributed by atoms with van der Waals surface area (Å²) < 4.78 is 43.7. The van der Waals surface area contributed by atoms with Crippen LogP contribution in [0.1, 0.15) is 53.9 Å². The Morgan fingerprint density at radius 1 is 1.13 bits per heavy atom. The number of hydrogen-bond acceptors (Lipinski definition) is 7. The molecule has 0 bridgehead atoms. The average molecular weight is 481 g/mol. The summed E-state index contributed by atoms with van der Waals surface area (Å²) >= 11 is 1.23. The van der Waals surface area contributed by atoms with Gasteiger partial charge >= 0.3 is 6.80 Å². The van der Waals surface area contributed by atoms with Crippen LogP contribution >= 0.6 is 18.2 Å².